The van der Waals surface area contributed by atoms with Crippen molar-refractivity contribution in [2.45, 2.75) is 131 Å². The summed E-state index contributed by atoms with van der Waals surface area (Å²) in [7, 11) is -2.81. The molecule has 2 heterocycles. The number of allylic oxidation sites excluding steroid dienone is 1. The first kappa shape index (κ1) is 37.5. The fourth-order valence-electron chi connectivity index (χ4n) is 14.6. The molecule has 0 amide bonds. The standard InChI is InChI=1S/C44H68N2O4S/c1-32(2)35-17-21-44(19-9-8-10-25-45-27-29-51(48,49)30-28-45)23-22-42(6)36(39(35)44)15-16-38-41(5)24-26-46(33-11-13-34(14-12-33)50-31-47)40(3,4)37(41)18-20-43(38,42)7/h11-14,31,35-39H,1,8-10,15-30H2,2-7H3/t35-,36+,37-,38+,39+,41-,42+,43+,44?/m0/s1. The molecule has 2 saturated heterocycles. The van der Waals surface area contributed by atoms with E-state index in [1.165, 1.54) is 94.7 Å². The van der Waals surface area contributed by atoms with Gasteiger partial charge in [0.05, 0.1) is 11.5 Å². The molecule has 7 heteroatoms. The SMILES string of the molecule is C=C(C)[C@@H]1CCC2(CCCCCN3CCS(=O)(=O)CC3)CC[C@]3(C)[C@H](CC[C@@H]4[C@@]5(C)CCN(c6ccc(OC=O)cc6)C(C)(C)[C@@H]5CC[C@]43C)[C@@H]12. The summed E-state index contributed by atoms with van der Waals surface area (Å²) in [5, 5.41) is 0. The van der Waals surface area contributed by atoms with Crippen LogP contribution >= 0.6 is 0 Å². The molecule has 6 fully saturated rings. The van der Waals surface area contributed by atoms with Crippen molar-refractivity contribution in [3.63, 3.8) is 0 Å². The molecule has 1 unspecified atom stereocenters. The number of carbonyl (C=O) groups excluding carboxylic acids is 1. The number of unbranched alkanes of at least 4 members (excludes halogenated alkanes) is 2. The fraction of sp³-hybridized carbons (Fsp3) is 0.795. The zero-order chi connectivity index (χ0) is 36.5. The van der Waals surface area contributed by atoms with Crippen molar-refractivity contribution in [1.82, 2.24) is 4.90 Å². The molecule has 0 N–H and O–H groups in total. The lowest BCUT2D eigenvalue weighted by Crippen LogP contribution is -2.69. The van der Waals surface area contributed by atoms with E-state index in [-0.39, 0.29) is 5.54 Å². The van der Waals surface area contributed by atoms with Crippen LogP contribution in [-0.2, 0) is 14.6 Å². The molecule has 51 heavy (non-hydrogen) atoms. The molecule has 4 saturated carbocycles. The van der Waals surface area contributed by atoms with E-state index in [4.69, 9.17) is 4.74 Å². The summed E-state index contributed by atoms with van der Waals surface area (Å²) in [4.78, 5) is 15.9. The first-order chi connectivity index (χ1) is 24.1. The number of piperidine rings is 1. The number of sulfone groups is 1. The first-order valence-electron chi connectivity index (χ1n) is 20.7. The van der Waals surface area contributed by atoms with Crippen LogP contribution in [0.5, 0.6) is 5.75 Å². The molecule has 0 aromatic heterocycles. The van der Waals surface area contributed by atoms with Gasteiger partial charge in [-0.25, -0.2) is 8.42 Å². The Bertz CT molecular complexity index is 1560. The molecule has 6 nitrogen and oxygen atoms in total. The van der Waals surface area contributed by atoms with Crippen molar-refractivity contribution >= 4 is 22.0 Å². The second-order valence-corrected chi connectivity index (χ2v) is 21.9. The average molecular weight is 721 g/mol. The molecule has 1 aromatic rings. The summed E-state index contributed by atoms with van der Waals surface area (Å²) in [5.74, 6) is 4.89. The van der Waals surface area contributed by atoms with Crippen molar-refractivity contribution in [3.05, 3.63) is 36.4 Å². The maximum atomic E-state index is 11.9. The molecule has 4 aliphatic carbocycles. The van der Waals surface area contributed by atoms with Crippen LogP contribution in [-0.4, -0.2) is 63.0 Å². The van der Waals surface area contributed by atoms with Gasteiger partial charge in [0.25, 0.3) is 6.47 Å². The summed E-state index contributed by atoms with van der Waals surface area (Å²) in [6, 6.07) is 8.15. The Hall–Kier alpha value is -1.86. The molecule has 2 aliphatic heterocycles. The van der Waals surface area contributed by atoms with Crippen molar-refractivity contribution < 1.29 is 17.9 Å². The van der Waals surface area contributed by atoms with E-state index in [2.05, 4.69) is 70.1 Å². The number of benzene rings is 1. The van der Waals surface area contributed by atoms with Crippen LogP contribution in [0.1, 0.15) is 125 Å². The Morgan fingerprint density at radius 1 is 0.843 bits per heavy atom. The van der Waals surface area contributed by atoms with E-state index in [0.29, 0.717) is 57.2 Å². The molecular formula is C44H68N2O4S. The molecule has 9 atom stereocenters. The number of anilines is 1. The Morgan fingerprint density at radius 3 is 2.25 bits per heavy atom. The number of ether oxygens (including phenoxy) is 1. The van der Waals surface area contributed by atoms with Crippen molar-refractivity contribution in [3.8, 4) is 5.75 Å². The smallest absolute Gasteiger partial charge is 0.298 e. The van der Waals surface area contributed by atoms with Gasteiger partial charge in [-0.15, -0.1) is 0 Å². The van der Waals surface area contributed by atoms with Gasteiger partial charge < -0.3 is 14.5 Å². The minimum Gasteiger partial charge on any atom is -0.429 e. The van der Waals surface area contributed by atoms with Gasteiger partial charge in [-0.2, -0.15) is 0 Å². The van der Waals surface area contributed by atoms with Crippen LogP contribution in [0.25, 0.3) is 0 Å². The van der Waals surface area contributed by atoms with Crippen molar-refractivity contribution in [2.75, 3.05) is 42.6 Å². The normalized spacial score (nSPS) is 41.5. The number of hydrogen-bond acceptors (Lipinski definition) is 6. The molecular weight excluding hydrogens is 653 g/mol. The lowest BCUT2D eigenvalue weighted by molar-refractivity contribution is -0.228. The minimum absolute atomic E-state index is 0.0447. The maximum absolute atomic E-state index is 11.9. The minimum atomic E-state index is -2.81. The van der Waals surface area contributed by atoms with Crippen LogP contribution in [0.3, 0.4) is 0 Å². The molecule has 0 spiro atoms. The van der Waals surface area contributed by atoms with Crippen LogP contribution in [0.2, 0.25) is 0 Å². The van der Waals surface area contributed by atoms with E-state index in [0.717, 1.165) is 43.9 Å². The summed E-state index contributed by atoms with van der Waals surface area (Å²) in [6.45, 7) is 24.3. The lowest BCUT2D eigenvalue weighted by atomic mass is 9.33. The van der Waals surface area contributed by atoms with Gasteiger partial charge in [0.15, 0.2) is 9.84 Å². The van der Waals surface area contributed by atoms with Gasteiger partial charge in [0, 0.05) is 30.9 Å². The van der Waals surface area contributed by atoms with Crippen LogP contribution in [0.15, 0.2) is 36.4 Å². The van der Waals surface area contributed by atoms with Crippen LogP contribution in [0.4, 0.5) is 5.69 Å². The van der Waals surface area contributed by atoms with E-state index in [1.807, 2.05) is 12.1 Å². The highest BCUT2D eigenvalue weighted by molar-refractivity contribution is 7.91. The molecule has 6 aliphatic rings. The molecule has 0 bridgehead atoms. The van der Waals surface area contributed by atoms with Gasteiger partial charge in [-0.05, 0) is 173 Å². The zero-order valence-corrected chi connectivity index (χ0v) is 33.7. The van der Waals surface area contributed by atoms with Gasteiger partial charge in [-0.1, -0.05) is 45.8 Å². The Morgan fingerprint density at radius 2 is 1.57 bits per heavy atom. The lowest BCUT2D eigenvalue weighted by Gasteiger charge is -2.73. The predicted molar refractivity (Wildman–Crippen MR) is 209 cm³/mol. The third kappa shape index (κ3) is 6.15. The Labute approximate surface area is 310 Å². The van der Waals surface area contributed by atoms with Gasteiger partial charge >= 0.3 is 0 Å². The predicted octanol–water partition coefficient (Wildman–Crippen LogP) is 9.34. The second-order valence-electron chi connectivity index (χ2n) is 19.6. The van der Waals surface area contributed by atoms with Crippen molar-refractivity contribution in [1.29, 1.82) is 0 Å². The van der Waals surface area contributed by atoms with Gasteiger partial charge in [0.2, 0.25) is 0 Å². The highest BCUT2D eigenvalue weighted by atomic mass is 32.2. The van der Waals surface area contributed by atoms with Crippen molar-refractivity contribution in [2.24, 2.45) is 51.2 Å². The summed E-state index contributed by atoms with van der Waals surface area (Å²) >= 11 is 0. The molecule has 284 valence electrons. The molecule has 1 aromatic carbocycles. The van der Waals surface area contributed by atoms with E-state index >= 15 is 0 Å². The number of rotatable bonds is 10. The highest BCUT2D eigenvalue weighted by Gasteiger charge is 2.70. The largest absolute Gasteiger partial charge is 0.429 e. The van der Waals surface area contributed by atoms with Crippen LogP contribution < -0.4 is 9.64 Å². The van der Waals surface area contributed by atoms with E-state index < -0.39 is 9.84 Å². The molecule has 7 rings (SSSR count). The van der Waals surface area contributed by atoms with E-state index in [9.17, 15) is 13.2 Å². The maximum Gasteiger partial charge on any atom is 0.298 e. The van der Waals surface area contributed by atoms with E-state index in [1.54, 1.807) is 0 Å². The third-order valence-corrected chi connectivity index (χ3v) is 19.0. The number of nitrogens with zero attached hydrogens (tertiary/aromatic N) is 2. The third-order valence-electron chi connectivity index (χ3n) is 17.3. The Kier molecular flexibility index (Phi) is 9.89. The second kappa shape index (κ2) is 13.5. The topological polar surface area (TPSA) is 66.9 Å². The quantitative estimate of drug-likeness (QED) is 0.136. The zero-order valence-electron chi connectivity index (χ0n) is 32.9. The van der Waals surface area contributed by atoms with Gasteiger partial charge in [0.1, 0.15) is 5.75 Å². The Balaban J connectivity index is 1.07. The fourth-order valence-corrected chi connectivity index (χ4v) is 15.9. The highest BCUT2D eigenvalue weighted by Crippen LogP contribution is 2.77. The molecule has 0 radical (unpaired) electrons. The number of hydrogen-bond donors (Lipinski definition) is 0. The summed E-state index contributed by atoms with van der Waals surface area (Å²) < 4.78 is 28.9. The summed E-state index contributed by atoms with van der Waals surface area (Å²) in [5.41, 5.74) is 4.22. The first-order valence-corrected chi connectivity index (χ1v) is 22.5. The average Bonchev–Trinajstić information content (AvgIpc) is 3.46. The number of fused-ring (bicyclic) bond motifs is 7. The number of carbonyl (C=O) groups is 1. The van der Waals surface area contributed by atoms with Gasteiger partial charge in [-0.3, -0.25) is 4.79 Å². The summed E-state index contributed by atoms with van der Waals surface area (Å²) in [6.07, 6.45) is 17.3. The van der Waals surface area contributed by atoms with Crippen LogP contribution in [0, 0.1) is 51.2 Å². The monoisotopic (exact) mass is 720 g/mol.